The molecule has 3 rings (SSSR count). The number of aliphatic imine (C=N–C) groups is 2. The van der Waals surface area contributed by atoms with Gasteiger partial charge in [0.25, 0.3) is 0 Å². The van der Waals surface area contributed by atoms with Crippen molar-refractivity contribution in [1.29, 1.82) is 0 Å². The highest BCUT2D eigenvalue weighted by atomic mass is 15.1. The summed E-state index contributed by atoms with van der Waals surface area (Å²) in [5, 5.41) is 6.56. The van der Waals surface area contributed by atoms with Gasteiger partial charge in [-0.2, -0.15) is 0 Å². The summed E-state index contributed by atoms with van der Waals surface area (Å²) in [6.07, 6.45) is 0. The zero-order valence-corrected chi connectivity index (χ0v) is 9.03. The van der Waals surface area contributed by atoms with Gasteiger partial charge in [-0.05, 0) is 6.07 Å². The lowest BCUT2D eigenvalue weighted by atomic mass is 10.1. The molecule has 0 atom stereocenters. The highest BCUT2D eigenvalue weighted by Crippen LogP contribution is 2.09. The molecule has 0 unspecified atom stereocenters. The molecule has 0 saturated heterocycles. The van der Waals surface area contributed by atoms with Crippen LogP contribution in [0.5, 0.6) is 0 Å². The number of hydrogen-bond donors (Lipinski definition) is 2. The molecule has 0 spiro atoms. The largest absolute Gasteiger partial charge is 0.368 e. The summed E-state index contributed by atoms with van der Waals surface area (Å²) in [7, 11) is 0. The molecule has 0 aromatic heterocycles. The van der Waals surface area contributed by atoms with Crippen molar-refractivity contribution in [2.24, 2.45) is 9.98 Å². The summed E-state index contributed by atoms with van der Waals surface area (Å²) in [6, 6.07) is 8.34. The third-order valence-electron chi connectivity index (χ3n) is 2.76. The first-order chi connectivity index (χ1) is 7.93. The lowest BCUT2D eigenvalue weighted by Crippen LogP contribution is -2.22. The maximum Gasteiger partial charge on any atom is 0.128 e. The van der Waals surface area contributed by atoms with Gasteiger partial charge in [0.1, 0.15) is 11.7 Å². The van der Waals surface area contributed by atoms with Crippen molar-refractivity contribution in [2.45, 2.75) is 0 Å². The number of benzene rings is 1. The van der Waals surface area contributed by atoms with Gasteiger partial charge < -0.3 is 10.6 Å². The Labute approximate surface area is 94.5 Å². The molecule has 0 fully saturated rings. The second-order valence-corrected chi connectivity index (χ2v) is 3.90. The topological polar surface area (TPSA) is 48.8 Å². The predicted octanol–water partition coefficient (Wildman–Crippen LogP) is 0.386. The quantitative estimate of drug-likeness (QED) is 0.748. The number of hydrogen-bond acceptors (Lipinski definition) is 4. The van der Waals surface area contributed by atoms with Crippen LogP contribution in [0.3, 0.4) is 0 Å². The molecule has 0 amide bonds. The molecule has 0 bridgehead atoms. The van der Waals surface area contributed by atoms with Crippen LogP contribution in [-0.2, 0) is 0 Å². The van der Waals surface area contributed by atoms with Crippen molar-refractivity contribution >= 4 is 11.7 Å². The molecule has 0 aliphatic carbocycles. The molecular weight excluding hydrogens is 200 g/mol. The molecule has 4 nitrogen and oxygen atoms in total. The molecule has 2 aliphatic heterocycles. The third-order valence-corrected chi connectivity index (χ3v) is 2.76. The van der Waals surface area contributed by atoms with E-state index >= 15 is 0 Å². The molecule has 16 heavy (non-hydrogen) atoms. The average Bonchev–Trinajstić information content (AvgIpc) is 3.03. The van der Waals surface area contributed by atoms with E-state index in [2.05, 4.69) is 44.9 Å². The second-order valence-electron chi connectivity index (χ2n) is 3.90. The van der Waals surface area contributed by atoms with E-state index in [9.17, 15) is 0 Å². The van der Waals surface area contributed by atoms with E-state index in [4.69, 9.17) is 0 Å². The van der Waals surface area contributed by atoms with E-state index in [1.165, 1.54) is 0 Å². The van der Waals surface area contributed by atoms with E-state index < -0.39 is 0 Å². The Kier molecular flexibility index (Phi) is 2.33. The number of rotatable bonds is 2. The van der Waals surface area contributed by atoms with Gasteiger partial charge in [0.15, 0.2) is 0 Å². The Balaban J connectivity index is 1.93. The van der Waals surface area contributed by atoms with Gasteiger partial charge in [0.2, 0.25) is 0 Å². The van der Waals surface area contributed by atoms with Gasteiger partial charge in [-0.25, -0.2) is 0 Å². The predicted molar refractivity (Wildman–Crippen MR) is 65.3 cm³/mol. The minimum absolute atomic E-state index is 0.874. The van der Waals surface area contributed by atoms with Crippen LogP contribution < -0.4 is 10.6 Å². The number of nitrogens with zero attached hydrogens (tertiary/aromatic N) is 2. The fraction of sp³-hybridized carbons (Fsp3) is 0.333. The monoisotopic (exact) mass is 214 g/mol. The first-order valence-electron chi connectivity index (χ1n) is 5.61. The Morgan fingerprint density at radius 1 is 0.875 bits per heavy atom. The van der Waals surface area contributed by atoms with Crippen molar-refractivity contribution in [1.82, 2.24) is 10.6 Å². The Hall–Kier alpha value is -1.84. The minimum atomic E-state index is 0.874. The van der Waals surface area contributed by atoms with E-state index in [1.807, 2.05) is 0 Å². The lowest BCUT2D eigenvalue weighted by Gasteiger charge is -2.06. The summed E-state index contributed by atoms with van der Waals surface area (Å²) in [4.78, 5) is 8.84. The molecule has 2 aliphatic rings. The van der Waals surface area contributed by atoms with Crippen molar-refractivity contribution in [3.8, 4) is 0 Å². The van der Waals surface area contributed by atoms with Crippen molar-refractivity contribution in [3.63, 3.8) is 0 Å². The van der Waals surface area contributed by atoms with Gasteiger partial charge in [0.05, 0.1) is 13.1 Å². The summed E-state index contributed by atoms with van der Waals surface area (Å²) in [6.45, 7) is 3.63. The first-order valence-corrected chi connectivity index (χ1v) is 5.61. The number of nitrogens with one attached hydrogen (secondary N) is 2. The Morgan fingerprint density at radius 3 is 1.88 bits per heavy atom. The molecule has 1 aromatic carbocycles. The third kappa shape index (κ3) is 1.66. The molecule has 4 heteroatoms. The van der Waals surface area contributed by atoms with Gasteiger partial charge in [-0.15, -0.1) is 0 Å². The minimum Gasteiger partial charge on any atom is -0.368 e. The van der Waals surface area contributed by atoms with E-state index in [0.29, 0.717) is 0 Å². The highest BCUT2D eigenvalue weighted by Gasteiger charge is 2.11. The maximum absolute atomic E-state index is 4.42. The van der Waals surface area contributed by atoms with Gasteiger partial charge in [-0.3, -0.25) is 9.98 Å². The summed E-state index contributed by atoms with van der Waals surface area (Å²) >= 11 is 0. The van der Waals surface area contributed by atoms with Crippen LogP contribution in [0.25, 0.3) is 0 Å². The maximum atomic E-state index is 4.42. The summed E-state index contributed by atoms with van der Waals surface area (Å²) in [5.41, 5.74) is 2.29. The molecule has 82 valence electrons. The first kappa shape index (κ1) is 9.39. The highest BCUT2D eigenvalue weighted by molar-refractivity contribution is 6.04. The fourth-order valence-corrected chi connectivity index (χ4v) is 2.00. The average molecular weight is 214 g/mol. The lowest BCUT2D eigenvalue weighted by molar-refractivity contribution is 0.959. The van der Waals surface area contributed by atoms with E-state index in [0.717, 1.165) is 49.0 Å². The molecule has 0 saturated carbocycles. The van der Waals surface area contributed by atoms with Crippen molar-refractivity contribution in [3.05, 3.63) is 35.4 Å². The van der Waals surface area contributed by atoms with Crippen LogP contribution in [0, 0.1) is 0 Å². The van der Waals surface area contributed by atoms with E-state index in [1.54, 1.807) is 0 Å². The zero-order valence-electron chi connectivity index (χ0n) is 9.03. The van der Waals surface area contributed by atoms with Crippen LogP contribution in [0.15, 0.2) is 34.3 Å². The molecule has 2 heterocycles. The standard InChI is InChI=1S/C12H14N4/c1-2-9(11-13-4-5-14-11)8-10(3-1)12-15-6-7-16-12/h1-3,8H,4-7H2,(H,13,14)(H,15,16). The van der Waals surface area contributed by atoms with Crippen LogP contribution >= 0.6 is 0 Å². The Morgan fingerprint density at radius 2 is 1.44 bits per heavy atom. The Bertz CT molecular complexity index is 423. The zero-order chi connectivity index (χ0) is 10.8. The normalized spacial score (nSPS) is 18.8. The van der Waals surface area contributed by atoms with Crippen LogP contribution in [-0.4, -0.2) is 37.9 Å². The van der Waals surface area contributed by atoms with Crippen LogP contribution in [0.2, 0.25) is 0 Å². The molecule has 2 N–H and O–H groups in total. The molecule has 1 aromatic rings. The smallest absolute Gasteiger partial charge is 0.128 e. The summed E-state index contributed by atoms with van der Waals surface area (Å²) < 4.78 is 0. The van der Waals surface area contributed by atoms with E-state index in [-0.39, 0.29) is 0 Å². The van der Waals surface area contributed by atoms with Crippen LogP contribution in [0.1, 0.15) is 11.1 Å². The molecular formula is C12H14N4. The van der Waals surface area contributed by atoms with Crippen molar-refractivity contribution < 1.29 is 0 Å². The van der Waals surface area contributed by atoms with Gasteiger partial charge in [-0.1, -0.05) is 18.2 Å². The van der Waals surface area contributed by atoms with Crippen LogP contribution in [0.4, 0.5) is 0 Å². The second kappa shape index (κ2) is 3.96. The molecule has 0 radical (unpaired) electrons. The SMILES string of the molecule is c1cc(C2=NCCN2)cc(C2=NCCN2)c1. The van der Waals surface area contributed by atoms with Gasteiger partial charge >= 0.3 is 0 Å². The summed E-state index contributed by atoms with van der Waals surface area (Å²) in [5.74, 6) is 2.00. The van der Waals surface area contributed by atoms with Crippen molar-refractivity contribution in [2.75, 3.05) is 26.2 Å². The fourth-order valence-electron chi connectivity index (χ4n) is 2.00. The number of amidine groups is 2. The van der Waals surface area contributed by atoms with Gasteiger partial charge in [0, 0.05) is 24.2 Å².